The number of benzene rings is 1. The van der Waals surface area contributed by atoms with Gasteiger partial charge in [-0.1, -0.05) is 24.3 Å². The van der Waals surface area contributed by atoms with Gasteiger partial charge in [-0.25, -0.2) is 9.67 Å². The Kier molecular flexibility index (Phi) is 3.15. The number of aromatic nitrogens is 3. The molecule has 0 saturated heterocycles. The monoisotopic (exact) mass is 306 g/mol. The van der Waals surface area contributed by atoms with Gasteiger partial charge in [-0.2, -0.15) is 5.10 Å². The average molecular weight is 306 g/mol. The van der Waals surface area contributed by atoms with Crippen molar-refractivity contribution in [3.8, 4) is 0 Å². The van der Waals surface area contributed by atoms with E-state index in [1.807, 2.05) is 49.1 Å². The van der Waals surface area contributed by atoms with Crippen molar-refractivity contribution in [3.63, 3.8) is 0 Å². The van der Waals surface area contributed by atoms with Crippen LogP contribution in [0.4, 0.5) is 5.69 Å². The Morgan fingerprint density at radius 3 is 2.87 bits per heavy atom. The number of nitrogens with zero attached hydrogens (tertiary/aromatic N) is 3. The van der Waals surface area contributed by atoms with Crippen LogP contribution in [0, 0.1) is 0 Å². The first kappa shape index (κ1) is 13.9. The van der Waals surface area contributed by atoms with Crippen molar-refractivity contribution >= 4 is 22.5 Å². The van der Waals surface area contributed by atoms with Gasteiger partial charge in [-0.15, -0.1) is 0 Å². The molecular formula is C18H18N4O. The number of anilines is 1. The smallest absolute Gasteiger partial charge is 0.212 e. The second-order valence-electron chi connectivity index (χ2n) is 5.75. The van der Waals surface area contributed by atoms with E-state index >= 15 is 0 Å². The maximum absolute atomic E-state index is 13.0. The number of ketones is 1. The van der Waals surface area contributed by atoms with Crippen LogP contribution in [0.3, 0.4) is 0 Å². The Morgan fingerprint density at radius 1 is 1.26 bits per heavy atom. The standard InChI is InChI=1S/C18H18N4O/c1-3-22-18-14(10-20-22)15(19-2)13-9-8-11-6-4-5-7-12(11)17(23)16(13)21-18/h4-7,10H,3,8-9H2,1-2H3,(H,19,21). The van der Waals surface area contributed by atoms with Gasteiger partial charge >= 0.3 is 0 Å². The first-order chi connectivity index (χ1) is 11.2. The molecule has 23 heavy (non-hydrogen) atoms. The van der Waals surface area contributed by atoms with E-state index in [4.69, 9.17) is 4.98 Å². The van der Waals surface area contributed by atoms with Crippen LogP contribution in [0.1, 0.15) is 34.1 Å². The molecule has 1 aliphatic rings. The lowest BCUT2D eigenvalue weighted by molar-refractivity contribution is 0.103. The van der Waals surface area contributed by atoms with Crippen molar-refractivity contribution in [2.45, 2.75) is 26.3 Å². The van der Waals surface area contributed by atoms with Crippen LogP contribution in [0.15, 0.2) is 30.5 Å². The first-order valence-electron chi connectivity index (χ1n) is 7.93. The third-order valence-corrected chi connectivity index (χ3v) is 4.56. The summed E-state index contributed by atoms with van der Waals surface area (Å²) in [5, 5.41) is 8.63. The quantitative estimate of drug-likeness (QED) is 0.791. The number of carbonyl (C=O) groups is 1. The Balaban J connectivity index is 2.04. The zero-order valence-corrected chi connectivity index (χ0v) is 13.3. The van der Waals surface area contributed by atoms with Gasteiger partial charge in [0.2, 0.25) is 5.78 Å². The SMILES string of the molecule is CCn1ncc2c(NC)c3c(nc21)C(=O)c1ccccc1CC3. The lowest BCUT2D eigenvalue weighted by atomic mass is 10.0. The number of nitrogens with one attached hydrogen (secondary N) is 1. The summed E-state index contributed by atoms with van der Waals surface area (Å²) in [6, 6.07) is 7.83. The molecule has 5 nitrogen and oxygen atoms in total. The fraction of sp³-hybridized carbons (Fsp3) is 0.278. The highest BCUT2D eigenvalue weighted by Gasteiger charge is 2.26. The maximum atomic E-state index is 13.0. The maximum Gasteiger partial charge on any atom is 0.212 e. The van der Waals surface area contributed by atoms with Gasteiger partial charge in [-0.3, -0.25) is 4.79 Å². The van der Waals surface area contributed by atoms with Gasteiger partial charge in [0.05, 0.1) is 17.3 Å². The zero-order valence-electron chi connectivity index (χ0n) is 13.3. The molecule has 2 heterocycles. The topological polar surface area (TPSA) is 59.8 Å². The van der Waals surface area contributed by atoms with Gasteiger partial charge < -0.3 is 5.32 Å². The number of hydrogen-bond acceptors (Lipinski definition) is 4. The number of rotatable bonds is 2. The summed E-state index contributed by atoms with van der Waals surface area (Å²) in [5.74, 6) is 0.00959. The highest BCUT2D eigenvalue weighted by molar-refractivity contribution is 6.12. The number of aryl methyl sites for hydroxylation is 2. The van der Waals surface area contributed by atoms with Gasteiger partial charge in [0.1, 0.15) is 5.69 Å². The molecule has 0 aliphatic heterocycles. The minimum absolute atomic E-state index is 0.00959. The molecule has 0 bridgehead atoms. The molecule has 5 heteroatoms. The second kappa shape index (κ2) is 5.19. The summed E-state index contributed by atoms with van der Waals surface area (Å²) in [7, 11) is 1.89. The van der Waals surface area contributed by atoms with E-state index in [0.29, 0.717) is 5.69 Å². The second-order valence-corrected chi connectivity index (χ2v) is 5.75. The number of hydrogen-bond donors (Lipinski definition) is 1. The van der Waals surface area contributed by atoms with E-state index in [9.17, 15) is 4.79 Å². The summed E-state index contributed by atoms with van der Waals surface area (Å²) < 4.78 is 1.83. The van der Waals surface area contributed by atoms with Crippen molar-refractivity contribution in [3.05, 3.63) is 52.8 Å². The van der Waals surface area contributed by atoms with Crippen LogP contribution in [0.2, 0.25) is 0 Å². The number of fused-ring (bicyclic) bond motifs is 3. The van der Waals surface area contributed by atoms with Gasteiger partial charge in [-0.05, 0) is 25.3 Å². The largest absolute Gasteiger partial charge is 0.387 e. The van der Waals surface area contributed by atoms with E-state index in [1.54, 1.807) is 0 Å². The van der Waals surface area contributed by atoms with Crippen LogP contribution >= 0.6 is 0 Å². The van der Waals surface area contributed by atoms with Crippen molar-refractivity contribution < 1.29 is 4.79 Å². The Labute approximate surface area is 134 Å². The Morgan fingerprint density at radius 2 is 2.09 bits per heavy atom. The summed E-state index contributed by atoms with van der Waals surface area (Å²) in [5.41, 5.74) is 5.16. The fourth-order valence-electron chi connectivity index (χ4n) is 3.42. The van der Waals surface area contributed by atoms with Gasteiger partial charge in [0.25, 0.3) is 0 Å². The molecule has 0 amide bonds. The van der Waals surface area contributed by atoms with Crippen molar-refractivity contribution in [1.82, 2.24) is 14.8 Å². The molecule has 0 radical (unpaired) electrons. The molecule has 1 aromatic carbocycles. The normalized spacial score (nSPS) is 13.6. The molecule has 1 aliphatic carbocycles. The third-order valence-electron chi connectivity index (χ3n) is 4.56. The summed E-state index contributed by atoms with van der Waals surface area (Å²) >= 11 is 0. The van der Waals surface area contributed by atoms with Gasteiger partial charge in [0, 0.05) is 24.7 Å². The number of pyridine rings is 1. The number of carbonyl (C=O) groups excluding carboxylic acids is 1. The van der Waals surface area contributed by atoms with Gasteiger partial charge in [0.15, 0.2) is 5.65 Å². The van der Waals surface area contributed by atoms with Crippen LogP contribution in [-0.2, 0) is 19.4 Å². The zero-order chi connectivity index (χ0) is 16.0. The average Bonchev–Trinajstić information content (AvgIpc) is 2.94. The predicted molar refractivity (Wildman–Crippen MR) is 90.0 cm³/mol. The molecule has 0 saturated carbocycles. The summed E-state index contributed by atoms with van der Waals surface area (Å²) in [6.45, 7) is 2.75. The highest BCUT2D eigenvalue weighted by Crippen LogP contribution is 2.33. The molecule has 0 unspecified atom stereocenters. The lowest BCUT2D eigenvalue weighted by Gasteiger charge is -2.12. The first-order valence-corrected chi connectivity index (χ1v) is 7.93. The van der Waals surface area contributed by atoms with E-state index < -0.39 is 0 Å². The minimum atomic E-state index is 0.00959. The minimum Gasteiger partial charge on any atom is -0.387 e. The molecule has 0 atom stereocenters. The molecule has 2 aromatic heterocycles. The van der Waals surface area contributed by atoms with Crippen molar-refractivity contribution in [2.75, 3.05) is 12.4 Å². The Hall–Kier alpha value is -2.69. The molecule has 0 fully saturated rings. The van der Waals surface area contributed by atoms with Crippen molar-refractivity contribution in [1.29, 1.82) is 0 Å². The molecule has 4 rings (SSSR count). The van der Waals surface area contributed by atoms with E-state index in [2.05, 4.69) is 10.4 Å². The molecule has 1 N–H and O–H groups in total. The van der Waals surface area contributed by atoms with Crippen LogP contribution in [0.5, 0.6) is 0 Å². The summed E-state index contributed by atoms with van der Waals surface area (Å²) in [4.78, 5) is 17.7. The van der Waals surface area contributed by atoms with Crippen LogP contribution in [0.25, 0.3) is 11.0 Å². The molecule has 116 valence electrons. The Bertz CT molecular complexity index is 926. The van der Waals surface area contributed by atoms with Crippen molar-refractivity contribution in [2.24, 2.45) is 0 Å². The van der Waals surface area contributed by atoms with E-state index in [-0.39, 0.29) is 5.78 Å². The van der Waals surface area contributed by atoms with Crippen LogP contribution in [-0.4, -0.2) is 27.6 Å². The molecular weight excluding hydrogens is 288 g/mol. The van der Waals surface area contributed by atoms with Crippen LogP contribution < -0.4 is 5.32 Å². The third kappa shape index (κ3) is 1.96. The lowest BCUT2D eigenvalue weighted by Crippen LogP contribution is -2.11. The highest BCUT2D eigenvalue weighted by atomic mass is 16.1. The summed E-state index contributed by atoms with van der Waals surface area (Å²) in [6.07, 6.45) is 3.48. The molecule has 0 spiro atoms. The van der Waals surface area contributed by atoms with E-state index in [1.165, 1.54) is 0 Å². The molecule has 3 aromatic rings. The fourth-order valence-corrected chi connectivity index (χ4v) is 3.42. The predicted octanol–water partition coefficient (Wildman–Crippen LogP) is 2.82. The van der Waals surface area contributed by atoms with E-state index in [0.717, 1.165) is 52.8 Å².